The molecule has 3 nitrogen and oxygen atoms in total. The third-order valence-corrected chi connectivity index (χ3v) is 3.02. The number of ether oxygens (including phenoxy) is 2. The molecular formula is C17H20FNO2. The topological polar surface area (TPSA) is 44.5 Å². The summed E-state index contributed by atoms with van der Waals surface area (Å²) in [6.07, 6.45) is 0.560. The summed E-state index contributed by atoms with van der Waals surface area (Å²) < 4.78 is 24.9. The molecule has 0 radical (unpaired) electrons. The fourth-order valence-corrected chi connectivity index (χ4v) is 2.16. The number of nitrogens with two attached hydrogens (primary N) is 1. The quantitative estimate of drug-likeness (QED) is 0.882. The molecule has 0 aliphatic heterocycles. The molecule has 112 valence electrons. The van der Waals surface area contributed by atoms with E-state index in [-0.39, 0.29) is 17.6 Å². The lowest BCUT2D eigenvalue weighted by atomic mass is 10.1. The first-order valence-corrected chi connectivity index (χ1v) is 6.89. The second-order valence-electron chi connectivity index (χ2n) is 5.09. The summed E-state index contributed by atoms with van der Waals surface area (Å²) in [6.45, 7) is 2.37. The largest absolute Gasteiger partial charge is 0.454 e. The summed E-state index contributed by atoms with van der Waals surface area (Å²) in [4.78, 5) is 0. The maximum Gasteiger partial charge on any atom is 0.166 e. The Bertz CT molecular complexity index is 599. The highest BCUT2D eigenvalue weighted by Gasteiger charge is 2.12. The van der Waals surface area contributed by atoms with E-state index in [9.17, 15) is 4.39 Å². The van der Waals surface area contributed by atoms with Gasteiger partial charge in [-0.3, -0.25) is 0 Å². The van der Waals surface area contributed by atoms with E-state index in [2.05, 4.69) is 0 Å². The van der Waals surface area contributed by atoms with Crippen molar-refractivity contribution in [2.75, 3.05) is 7.11 Å². The number of benzene rings is 2. The van der Waals surface area contributed by atoms with Gasteiger partial charge in [0, 0.05) is 13.2 Å². The number of para-hydroxylation sites is 1. The maximum absolute atomic E-state index is 14.0. The molecule has 1 unspecified atom stereocenters. The highest BCUT2D eigenvalue weighted by atomic mass is 19.1. The van der Waals surface area contributed by atoms with Crippen LogP contribution in [-0.2, 0) is 17.8 Å². The van der Waals surface area contributed by atoms with Crippen molar-refractivity contribution in [3.63, 3.8) is 0 Å². The van der Waals surface area contributed by atoms with Gasteiger partial charge in [0.05, 0.1) is 6.61 Å². The van der Waals surface area contributed by atoms with E-state index in [4.69, 9.17) is 15.2 Å². The average Bonchev–Trinajstić information content (AvgIpc) is 2.43. The van der Waals surface area contributed by atoms with Crippen molar-refractivity contribution in [1.82, 2.24) is 0 Å². The third kappa shape index (κ3) is 4.28. The lowest BCUT2D eigenvalue weighted by molar-refractivity contribution is 0.184. The van der Waals surface area contributed by atoms with Gasteiger partial charge in [0.2, 0.25) is 0 Å². The second kappa shape index (κ2) is 7.20. The van der Waals surface area contributed by atoms with Crippen molar-refractivity contribution in [2.45, 2.75) is 26.0 Å². The lowest BCUT2D eigenvalue weighted by Gasteiger charge is -2.14. The predicted molar refractivity (Wildman–Crippen MR) is 81.0 cm³/mol. The van der Waals surface area contributed by atoms with Crippen LogP contribution in [-0.4, -0.2) is 13.2 Å². The number of hydrogen-bond acceptors (Lipinski definition) is 3. The van der Waals surface area contributed by atoms with E-state index in [1.54, 1.807) is 19.2 Å². The first-order valence-electron chi connectivity index (χ1n) is 6.89. The smallest absolute Gasteiger partial charge is 0.166 e. The summed E-state index contributed by atoms with van der Waals surface area (Å²) in [5.41, 5.74) is 7.54. The minimum atomic E-state index is -0.384. The molecule has 0 saturated carbocycles. The van der Waals surface area contributed by atoms with Crippen molar-refractivity contribution in [2.24, 2.45) is 5.73 Å². The molecule has 0 bridgehead atoms. The molecule has 2 N–H and O–H groups in total. The summed E-state index contributed by atoms with van der Waals surface area (Å²) >= 11 is 0. The van der Waals surface area contributed by atoms with Gasteiger partial charge in [-0.05, 0) is 42.7 Å². The van der Waals surface area contributed by atoms with Crippen LogP contribution in [0.1, 0.15) is 18.1 Å². The van der Waals surface area contributed by atoms with E-state index >= 15 is 0 Å². The van der Waals surface area contributed by atoms with E-state index in [1.807, 2.05) is 31.2 Å². The van der Waals surface area contributed by atoms with Crippen molar-refractivity contribution < 1.29 is 13.9 Å². The highest BCUT2D eigenvalue weighted by Crippen LogP contribution is 2.29. The lowest BCUT2D eigenvalue weighted by Crippen LogP contribution is -2.18. The van der Waals surface area contributed by atoms with E-state index in [0.29, 0.717) is 18.8 Å². The molecule has 0 amide bonds. The van der Waals surface area contributed by atoms with Crippen LogP contribution in [0.3, 0.4) is 0 Å². The molecule has 0 saturated heterocycles. The SMILES string of the molecule is COCc1cccc(Oc2c(F)cccc2CC(C)N)c1. The molecule has 0 fully saturated rings. The Balaban J connectivity index is 2.28. The first kappa shape index (κ1) is 15.5. The van der Waals surface area contributed by atoms with Crippen LogP contribution in [0.2, 0.25) is 0 Å². The normalized spacial score (nSPS) is 12.2. The molecule has 0 aliphatic rings. The number of halogens is 1. The summed E-state index contributed by atoms with van der Waals surface area (Å²) in [5, 5.41) is 0. The fourth-order valence-electron chi connectivity index (χ4n) is 2.16. The van der Waals surface area contributed by atoms with Crippen molar-refractivity contribution in [3.05, 3.63) is 59.4 Å². The van der Waals surface area contributed by atoms with E-state index < -0.39 is 0 Å². The monoisotopic (exact) mass is 289 g/mol. The standard InChI is InChI=1S/C17H20FNO2/c1-12(19)9-14-6-4-8-16(18)17(14)21-15-7-3-5-13(10-15)11-20-2/h3-8,10,12H,9,11,19H2,1-2H3. The van der Waals surface area contributed by atoms with Gasteiger partial charge in [-0.15, -0.1) is 0 Å². The zero-order chi connectivity index (χ0) is 15.2. The van der Waals surface area contributed by atoms with Gasteiger partial charge in [0.25, 0.3) is 0 Å². The summed E-state index contributed by atoms with van der Waals surface area (Å²) in [7, 11) is 1.63. The van der Waals surface area contributed by atoms with Crippen LogP contribution in [0.5, 0.6) is 11.5 Å². The van der Waals surface area contributed by atoms with Gasteiger partial charge in [0.1, 0.15) is 5.75 Å². The number of rotatable bonds is 6. The maximum atomic E-state index is 14.0. The van der Waals surface area contributed by atoms with Gasteiger partial charge in [-0.2, -0.15) is 0 Å². The van der Waals surface area contributed by atoms with E-state index in [1.165, 1.54) is 6.07 Å². The van der Waals surface area contributed by atoms with Gasteiger partial charge in [0.15, 0.2) is 11.6 Å². The minimum absolute atomic E-state index is 0.0611. The molecule has 21 heavy (non-hydrogen) atoms. The molecule has 2 aromatic carbocycles. The Hall–Kier alpha value is -1.91. The molecule has 4 heteroatoms. The molecular weight excluding hydrogens is 269 g/mol. The molecule has 0 spiro atoms. The predicted octanol–water partition coefficient (Wildman–Crippen LogP) is 3.65. The van der Waals surface area contributed by atoms with Gasteiger partial charge in [-0.25, -0.2) is 4.39 Å². The van der Waals surface area contributed by atoms with Gasteiger partial charge < -0.3 is 15.2 Å². The Labute approximate surface area is 124 Å². The van der Waals surface area contributed by atoms with Crippen molar-refractivity contribution in [3.8, 4) is 11.5 Å². The minimum Gasteiger partial charge on any atom is -0.454 e. The summed E-state index contributed by atoms with van der Waals surface area (Å²) in [5.74, 6) is 0.440. The molecule has 1 atom stereocenters. The zero-order valence-electron chi connectivity index (χ0n) is 12.3. The Morgan fingerprint density at radius 1 is 1.19 bits per heavy atom. The van der Waals surface area contributed by atoms with Gasteiger partial charge in [-0.1, -0.05) is 24.3 Å². The summed E-state index contributed by atoms with van der Waals surface area (Å²) in [6, 6.07) is 12.2. The molecule has 0 heterocycles. The molecule has 0 aliphatic carbocycles. The first-order chi connectivity index (χ1) is 10.1. The van der Waals surface area contributed by atoms with Gasteiger partial charge >= 0.3 is 0 Å². The van der Waals surface area contributed by atoms with Crippen molar-refractivity contribution >= 4 is 0 Å². The van der Waals surface area contributed by atoms with Crippen LogP contribution >= 0.6 is 0 Å². The highest BCUT2D eigenvalue weighted by molar-refractivity contribution is 5.40. The Morgan fingerprint density at radius 2 is 1.95 bits per heavy atom. The van der Waals surface area contributed by atoms with Crippen LogP contribution in [0.25, 0.3) is 0 Å². The Morgan fingerprint density at radius 3 is 2.67 bits per heavy atom. The number of methoxy groups -OCH3 is 1. The van der Waals surface area contributed by atoms with Crippen LogP contribution < -0.4 is 10.5 Å². The molecule has 2 rings (SSSR count). The average molecular weight is 289 g/mol. The van der Waals surface area contributed by atoms with Crippen LogP contribution in [0, 0.1) is 5.82 Å². The fraction of sp³-hybridized carbons (Fsp3) is 0.294. The van der Waals surface area contributed by atoms with Crippen LogP contribution in [0.15, 0.2) is 42.5 Å². The zero-order valence-corrected chi connectivity index (χ0v) is 12.3. The molecule has 0 aromatic heterocycles. The van der Waals surface area contributed by atoms with E-state index in [0.717, 1.165) is 11.1 Å². The Kier molecular flexibility index (Phi) is 5.31. The molecule has 2 aromatic rings. The van der Waals surface area contributed by atoms with Crippen molar-refractivity contribution in [1.29, 1.82) is 0 Å². The van der Waals surface area contributed by atoms with Crippen LogP contribution in [0.4, 0.5) is 4.39 Å². The second-order valence-corrected chi connectivity index (χ2v) is 5.09. The number of hydrogen-bond donors (Lipinski definition) is 1. The third-order valence-electron chi connectivity index (χ3n) is 3.02.